The fraction of sp³-hybridized carbons (Fsp3) is 0.652. The van der Waals surface area contributed by atoms with Crippen molar-refractivity contribution in [1.29, 1.82) is 0 Å². The second-order valence-corrected chi connectivity index (χ2v) is 8.35. The number of para-hydroxylation sites is 2. The predicted molar refractivity (Wildman–Crippen MR) is 117 cm³/mol. The fourth-order valence-electron chi connectivity index (χ4n) is 3.14. The van der Waals surface area contributed by atoms with Gasteiger partial charge < -0.3 is 9.15 Å². The molecule has 2 aromatic rings. The van der Waals surface area contributed by atoms with Crippen LogP contribution in [0.4, 0.5) is 0 Å². The number of fused-ring (bicyclic) bond motifs is 1. The fourth-order valence-corrected chi connectivity index (χ4v) is 3.91. The normalized spacial score (nSPS) is 11.2. The molecule has 1 heterocycles. The number of unbranched alkanes of at least 4 members (excludes halogenated alkanes) is 9. The van der Waals surface area contributed by atoms with Gasteiger partial charge in [0, 0.05) is 12.2 Å². The molecule has 0 amide bonds. The van der Waals surface area contributed by atoms with E-state index in [1.54, 1.807) is 11.8 Å². The van der Waals surface area contributed by atoms with E-state index in [0.29, 0.717) is 18.3 Å². The van der Waals surface area contributed by atoms with Crippen molar-refractivity contribution in [3.8, 4) is 0 Å². The summed E-state index contributed by atoms with van der Waals surface area (Å²) >= 11 is 1.55. The van der Waals surface area contributed by atoms with Gasteiger partial charge in [-0.05, 0) is 25.0 Å². The molecule has 0 unspecified atom stereocenters. The molecule has 28 heavy (non-hydrogen) atoms. The molecule has 0 spiro atoms. The Morgan fingerprint density at radius 1 is 0.964 bits per heavy atom. The van der Waals surface area contributed by atoms with Crippen LogP contribution in [0.1, 0.15) is 84.0 Å². The van der Waals surface area contributed by atoms with E-state index in [1.807, 2.05) is 24.3 Å². The van der Waals surface area contributed by atoms with E-state index in [0.717, 1.165) is 36.1 Å². The maximum absolute atomic E-state index is 11.8. The summed E-state index contributed by atoms with van der Waals surface area (Å²) in [6.07, 6.45) is 14.1. The van der Waals surface area contributed by atoms with Crippen LogP contribution in [0.5, 0.6) is 0 Å². The van der Waals surface area contributed by atoms with Crippen molar-refractivity contribution in [2.45, 2.75) is 89.2 Å². The van der Waals surface area contributed by atoms with Crippen molar-refractivity contribution in [1.82, 2.24) is 4.98 Å². The zero-order chi connectivity index (χ0) is 19.9. The molecule has 1 aromatic heterocycles. The lowest BCUT2D eigenvalue weighted by molar-refractivity contribution is -0.143. The number of esters is 1. The minimum atomic E-state index is -0.0888. The van der Waals surface area contributed by atoms with Crippen molar-refractivity contribution < 1.29 is 13.9 Å². The van der Waals surface area contributed by atoms with Crippen molar-refractivity contribution in [2.75, 3.05) is 12.4 Å². The second-order valence-electron chi connectivity index (χ2n) is 7.30. The van der Waals surface area contributed by atoms with Gasteiger partial charge in [-0.15, -0.1) is 0 Å². The van der Waals surface area contributed by atoms with Gasteiger partial charge in [0.25, 0.3) is 5.22 Å². The molecule has 5 heteroatoms. The number of oxazole rings is 1. The lowest BCUT2D eigenvalue weighted by Gasteiger charge is -2.05. The summed E-state index contributed by atoms with van der Waals surface area (Å²) < 4.78 is 11.0. The Labute approximate surface area is 173 Å². The number of benzene rings is 1. The molecule has 1 aromatic carbocycles. The minimum Gasteiger partial charge on any atom is -0.466 e. The molecule has 4 nitrogen and oxygen atoms in total. The SMILES string of the molecule is CCCCCCCCCCCCOC(=O)CCCSc1nc2ccccc2o1. The highest BCUT2D eigenvalue weighted by atomic mass is 32.2. The number of ether oxygens (including phenoxy) is 1. The van der Waals surface area contributed by atoms with Gasteiger partial charge in [-0.3, -0.25) is 4.79 Å². The molecule has 0 radical (unpaired) electrons. The number of hydrogen-bond acceptors (Lipinski definition) is 5. The molecule has 0 N–H and O–H groups in total. The van der Waals surface area contributed by atoms with E-state index in [-0.39, 0.29) is 5.97 Å². The van der Waals surface area contributed by atoms with E-state index < -0.39 is 0 Å². The third-order valence-corrected chi connectivity index (χ3v) is 5.70. The molecule has 0 bridgehead atoms. The summed E-state index contributed by atoms with van der Waals surface area (Å²) in [5.74, 6) is 0.717. The van der Waals surface area contributed by atoms with Crippen molar-refractivity contribution in [2.24, 2.45) is 0 Å². The first kappa shape index (κ1) is 22.8. The van der Waals surface area contributed by atoms with Crippen LogP contribution < -0.4 is 0 Å². The highest BCUT2D eigenvalue weighted by Gasteiger charge is 2.07. The second kappa shape index (κ2) is 14.5. The van der Waals surface area contributed by atoms with Crippen molar-refractivity contribution >= 4 is 28.8 Å². The molecule has 0 aliphatic heterocycles. The summed E-state index contributed by atoms with van der Waals surface area (Å²) in [6, 6.07) is 7.74. The summed E-state index contributed by atoms with van der Waals surface area (Å²) in [4.78, 5) is 16.2. The average Bonchev–Trinajstić information content (AvgIpc) is 3.12. The number of thioether (sulfide) groups is 1. The largest absolute Gasteiger partial charge is 0.466 e. The van der Waals surface area contributed by atoms with Crippen LogP contribution in [0.15, 0.2) is 33.9 Å². The Kier molecular flexibility index (Phi) is 11.8. The summed E-state index contributed by atoms with van der Waals surface area (Å²) in [5.41, 5.74) is 1.68. The first-order valence-corrected chi connectivity index (χ1v) is 11.9. The lowest BCUT2D eigenvalue weighted by atomic mass is 10.1. The smallest absolute Gasteiger partial charge is 0.305 e. The molecule has 0 aliphatic carbocycles. The first-order chi connectivity index (χ1) is 13.8. The van der Waals surface area contributed by atoms with Gasteiger partial charge in [0.2, 0.25) is 0 Å². The van der Waals surface area contributed by atoms with Crippen LogP contribution in [0.2, 0.25) is 0 Å². The van der Waals surface area contributed by atoms with E-state index in [2.05, 4.69) is 11.9 Å². The monoisotopic (exact) mass is 405 g/mol. The molecule has 0 saturated heterocycles. The predicted octanol–water partition coefficient (Wildman–Crippen LogP) is 7.16. The molecule has 0 aliphatic rings. The van der Waals surface area contributed by atoms with Gasteiger partial charge in [0.1, 0.15) is 5.52 Å². The highest BCUT2D eigenvalue weighted by Crippen LogP contribution is 2.23. The van der Waals surface area contributed by atoms with Crippen LogP contribution in [-0.4, -0.2) is 23.3 Å². The molecule has 0 atom stereocenters. The van der Waals surface area contributed by atoms with E-state index in [1.165, 1.54) is 51.4 Å². The Hall–Kier alpha value is -1.49. The Morgan fingerprint density at radius 2 is 1.64 bits per heavy atom. The summed E-state index contributed by atoms with van der Waals surface area (Å²) in [7, 11) is 0. The Morgan fingerprint density at radius 3 is 2.36 bits per heavy atom. The van der Waals surface area contributed by atoms with Gasteiger partial charge in [0.15, 0.2) is 5.58 Å². The number of hydrogen-bond donors (Lipinski definition) is 0. The van der Waals surface area contributed by atoms with Gasteiger partial charge >= 0.3 is 5.97 Å². The van der Waals surface area contributed by atoms with Gasteiger partial charge in [-0.25, -0.2) is 4.98 Å². The van der Waals surface area contributed by atoms with Crippen molar-refractivity contribution in [3.63, 3.8) is 0 Å². The topological polar surface area (TPSA) is 52.3 Å². The van der Waals surface area contributed by atoms with E-state index in [9.17, 15) is 4.79 Å². The third-order valence-electron chi connectivity index (χ3n) is 4.79. The number of carbonyl (C=O) groups is 1. The lowest BCUT2D eigenvalue weighted by Crippen LogP contribution is -2.06. The van der Waals surface area contributed by atoms with Crippen LogP contribution in [0, 0.1) is 0 Å². The first-order valence-electron chi connectivity index (χ1n) is 10.9. The molecular formula is C23H35NO3S. The van der Waals surface area contributed by atoms with Crippen LogP contribution in [-0.2, 0) is 9.53 Å². The van der Waals surface area contributed by atoms with Crippen molar-refractivity contribution in [3.05, 3.63) is 24.3 Å². The Bertz CT molecular complexity index is 638. The van der Waals surface area contributed by atoms with Gasteiger partial charge in [0.05, 0.1) is 6.61 Å². The average molecular weight is 406 g/mol. The standard InChI is InChI=1S/C23H35NO3S/c1-2-3-4-5-6-7-8-9-10-13-18-26-22(25)17-14-19-28-23-24-20-15-11-12-16-21(20)27-23/h11-12,15-16H,2-10,13-14,17-19H2,1H3. The third kappa shape index (κ3) is 9.63. The maximum atomic E-state index is 11.8. The zero-order valence-electron chi connectivity index (χ0n) is 17.3. The minimum absolute atomic E-state index is 0.0888. The summed E-state index contributed by atoms with van der Waals surface area (Å²) in [5, 5.41) is 0.667. The van der Waals surface area contributed by atoms with Crippen LogP contribution in [0.3, 0.4) is 0 Å². The number of carbonyl (C=O) groups excluding carboxylic acids is 1. The quantitative estimate of drug-likeness (QED) is 0.168. The summed E-state index contributed by atoms with van der Waals surface area (Å²) in [6.45, 7) is 2.82. The van der Waals surface area contributed by atoms with E-state index >= 15 is 0 Å². The Balaban J connectivity index is 1.39. The molecule has 0 fully saturated rings. The molecule has 156 valence electrons. The number of nitrogens with zero attached hydrogens (tertiary/aromatic N) is 1. The van der Waals surface area contributed by atoms with Gasteiger partial charge in [-0.1, -0.05) is 88.6 Å². The maximum Gasteiger partial charge on any atom is 0.305 e. The number of rotatable bonds is 16. The molecule has 0 saturated carbocycles. The molecule has 2 rings (SSSR count). The zero-order valence-corrected chi connectivity index (χ0v) is 18.1. The van der Waals surface area contributed by atoms with E-state index in [4.69, 9.17) is 9.15 Å². The molecular weight excluding hydrogens is 370 g/mol. The number of aromatic nitrogens is 1. The van der Waals surface area contributed by atoms with Crippen LogP contribution in [0.25, 0.3) is 11.1 Å². The van der Waals surface area contributed by atoms with Gasteiger partial charge in [-0.2, -0.15) is 0 Å². The van der Waals surface area contributed by atoms with Crippen LogP contribution >= 0.6 is 11.8 Å². The highest BCUT2D eigenvalue weighted by molar-refractivity contribution is 7.99.